The molecule has 0 saturated heterocycles. The summed E-state index contributed by atoms with van der Waals surface area (Å²) in [6, 6.07) is 16.3. The third kappa shape index (κ3) is 4.06. The highest BCUT2D eigenvalue weighted by molar-refractivity contribution is 5.23. The summed E-state index contributed by atoms with van der Waals surface area (Å²) in [5.74, 6) is 0.391. The lowest BCUT2D eigenvalue weighted by molar-refractivity contribution is 0.476. The molecule has 92 valence electrons. The zero-order valence-electron chi connectivity index (χ0n) is 10.1. The van der Waals surface area contributed by atoms with Gasteiger partial charge in [0.2, 0.25) is 0 Å². The Morgan fingerprint density at radius 2 is 1.67 bits per heavy atom. The summed E-state index contributed by atoms with van der Waals surface area (Å²) in [6.07, 6.45) is 5.53. The molecule has 0 bridgehead atoms. The van der Waals surface area contributed by atoms with E-state index >= 15 is 0 Å². The molecule has 2 rings (SSSR count). The van der Waals surface area contributed by atoms with E-state index in [2.05, 4.69) is 12.1 Å². The maximum atomic E-state index is 12.6. The molecule has 0 saturated carbocycles. The highest BCUT2D eigenvalue weighted by Gasteiger charge is 1.92. The number of ether oxygens (including phenoxy) is 1. The van der Waals surface area contributed by atoms with Gasteiger partial charge < -0.3 is 4.74 Å². The molecule has 0 aliphatic rings. The Kier molecular flexibility index (Phi) is 4.53. The monoisotopic (exact) mass is 242 g/mol. The SMILES string of the molecule is Fc1ccc(O/C=C/CCc2ccccc2)cc1. The third-order valence-electron chi connectivity index (χ3n) is 2.56. The van der Waals surface area contributed by atoms with Crippen LogP contribution in [0.15, 0.2) is 66.9 Å². The molecule has 18 heavy (non-hydrogen) atoms. The predicted octanol–water partition coefficient (Wildman–Crippen LogP) is 4.35. The first-order valence-corrected chi connectivity index (χ1v) is 5.96. The minimum absolute atomic E-state index is 0.254. The maximum absolute atomic E-state index is 12.6. The van der Waals surface area contributed by atoms with E-state index in [0.717, 1.165) is 12.8 Å². The van der Waals surface area contributed by atoms with Crippen LogP contribution in [0, 0.1) is 5.82 Å². The number of halogens is 1. The largest absolute Gasteiger partial charge is 0.465 e. The Balaban J connectivity index is 1.74. The molecular formula is C16H15FO. The van der Waals surface area contributed by atoms with E-state index in [1.165, 1.54) is 17.7 Å². The van der Waals surface area contributed by atoms with Gasteiger partial charge in [-0.2, -0.15) is 0 Å². The van der Waals surface area contributed by atoms with Gasteiger partial charge in [-0.25, -0.2) is 4.39 Å². The number of benzene rings is 2. The van der Waals surface area contributed by atoms with Crippen LogP contribution in [0.1, 0.15) is 12.0 Å². The molecular weight excluding hydrogens is 227 g/mol. The van der Waals surface area contributed by atoms with Crippen molar-refractivity contribution < 1.29 is 9.13 Å². The normalized spacial score (nSPS) is 10.7. The molecule has 2 aromatic carbocycles. The van der Waals surface area contributed by atoms with Crippen LogP contribution in [0.4, 0.5) is 4.39 Å². The van der Waals surface area contributed by atoms with Gasteiger partial charge in [-0.3, -0.25) is 0 Å². The average Bonchev–Trinajstić information content (AvgIpc) is 2.42. The van der Waals surface area contributed by atoms with Gasteiger partial charge in [0.25, 0.3) is 0 Å². The lowest BCUT2D eigenvalue weighted by Crippen LogP contribution is -1.84. The van der Waals surface area contributed by atoms with Gasteiger partial charge in [0.1, 0.15) is 11.6 Å². The number of allylic oxidation sites excluding steroid dienone is 1. The van der Waals surface area contributed by atoms with Crippen molar-refractivity contribution in [3.63, 3.8) is 0 Å². The molecule has 0 heterocycles. The van der Waals surface area contributed by atoms with Crippen molar-refractivity contribution in [1.82, 2.24) is 0 Å². The molecule has 0 aliphatic carbocycles. The fourth-order valence-electron chi connectivity index (χ4n) is 1.60. The van der Waals surface area contributed by atoms with E-state index in [4.69, 9.17) is 4.74 Å². The molecule has 0 fully saturated rings. The zero-order valence-corrected chi connectivity index (χ0v) is 10.1. The van der Waals surface area contributed by atoms with Gasteiger partial charge in [0, 0.05) is 0 Å². The van der Waals surface area contributed by atoms with Gasteiger partial charge >= 0.3 is 0 Å². The number of aryl methyl sites for hydroxylation is 1. The van der Waals surface area contributed by atoms with Crippen LogP contribution in [0.2, 0.25) is 0 Å². The molecule has 0 spiro atoms. The van der Waals surface area contributed by atoms with E-state index in [9.17, 15) is 4.39 Å². The molecule has 2 heteroatoms. The van der Waals surface area contributed by atoms with E-state index < -0.39 is 0 Å². The first kappa shape index (κ1) is 12.4. The fourth-order valence-corrected chi connectivity index (χ4v) is 1.60. The number of hydrogen-bond donors (Lipinski definition) is 0. The van der Waals surface area contributed by atoms with Gasteiger partial charge in [-0.15, -0.1) is 0 Å². The minimum Gasteiger partial charge on any atom is -0.465 e. The molecule has 0 aliphatic heterocycles. The Labute approximate surface area is 107 Å². The number of rotatable bonds is 5. The quantitative estimate of drug-likeness (QED) is 0.708. The fraction of sp³-hybridized carbons (Fsp3) is 0.125. The average molecular weight is 242 g/mol. The lowest BCUT2D eigenvalue weighted by atomic mass is 10.1. The molecule has 0 atom stereocenters. The molecule has 0 N–H and O–H groups in total. The minimum atomic E-state index is -0.254. The van der Waals surface area contributed by atoms with Crippen molar-refractivity contribution in [2.24, 2.45) is 0 Å². The predicted molar refractivity (Wildman–Crippen MR) is 70.9 cm³/mol. The summed E-state index contributed by atoms with van der Waals surface area (Å²) in [5, 5.41) is 0. The first-order valence-electron chi connectivity index (χ1n) is 5.96. The van der Waals surface area contributed by atoms with Crippen molar-refractivity contribution in [1.29, 1.82) is 0 Å². The van der Waals surface area contributed by atoms with Gasteiger partial charge in [0.15, 0.2) is 0 Å². The van der Waals surface area contributed by atoms with Crippen LogP contribution in [0.25, 0.3) is 0 Å². The van der Waals surface area contributed by atoms with E-state index in [0.29, 0.717) is 5.75 Å². The number of hydrogen-bond acceptors (Lipinski definition) is 1. The van der Waals surface area contributed by atoms with Crippen LogP contribution in [-0.2, 0) is 6.42 Å². The van der Waals surface area contributed by atoms with E-state index in [1.807, 2.05) is 24.3 Å². The topological polar surface area (TPSA) is 9.23 Å². The van der Waals surface area contributed by atoms with Crippen LogP contribution in [-0.4, -0.2) is 0 Å². The molecule has 0 amide bonds. The van der Waals surface area contributed by atoms with Crippen molar-refractivity contribution in [3.8, 4) is 5.75 Å². The smallest absolute Gasteiger partial charge is 0.126 e. The molecule has 0 aromatic heterocycles. The summed E-state index contributed by atoms with van der Waals surface area (Å²) < 4.78 is 18.0. The van der Waals surface area contributed by atoms with Crippen LogP contribution in [0.5, 0.6) is 5.75 Å². The summed E-state index contributed by atoms with van der Waals surface area (Å²) in [6.45, 7) is 0. The maximum Gasteiger partial charge on any atom is 0.126 e. The third-order valence-corrected chi connectivity index (χ3v) is 2.56. The lowest BCUT2D eigenvalue weighted by Gasteiger charge is -1.99. The summed E-state index contributed by atoms with van der Waals surface area (Å²) in [5.41, 5.74) is 1.31. The summed E-state index contributed by atoms with van der Waals surface area (Å²) in [4.78, 5) is 0. The Hall–Kier alpha value is -2.09. The highest BCUT2D eigenvalue weighted by Crippen LogP contribution is 2.11. The molecule has 0 unspecified atom stereocenters. The summed E-state index contributed by atoms with van der Waals surface area (Å²) in [7, 11) is 0. The van der Waals surface area contributed by atoms with Crippen molar-refractivity contribution >= 4 is 0 Å². The van der Waals surface area contributed by atoms with Crippen LogP contribution in [0.3, 0.4) is 0 Å². The first-order chi connectivity index (χ1) is 8.84. The standard InChI is InChI=1S/C16H15FO/c17-15-9-11-16(12-10-15)18-13-5-4-8-14-6-2-1-3-7-14/h1-3,5-7,9-13H,4,8H2/b13-5+. The van der Waals surface area contributed by atoms with Crippen molar-refractivity contribution in [2.45, 2.75) is 12.8 Å². The Bertz CT molecular complexity index is 488. The van der Waals surface area contributed by atoms with Gasteiger partial charge in [0.05, 0.1) is 6.26 Å². The molecule has 0 radical (unpaired) electrons. The Morgan fingerprint density at radius 3 is 2.39 bits per heavy atom. The summed E-state index contributed by atoms with van der Waals surface area (Å²) >= 11 is 0. The zero-order chi connectivity index (χ0) is 12.6. The second-order valence-electron chi connectivity index (χ2n) is 3.97. The van der Waals surface area contributed by atoms with Crippen LogP contribution >= 0.6 is 0 Å². The second-order valence-corrected chi connectivity index (χ2v) is 3.97. The molecule has 1 nitrogen and oxygen atoms in total. The van der Waals surface area contributed by atoms with Crippen LogP contribution < -0.4 is 4.74 Å². The van der Waals surface area contributed by atoms with Gasteiger partial charge in [-0.1, -0.05) is 30.3 Å². The van der Waals surface area contributed by atoms with E-state index in [-0.39, 0.29) is 5.82 Å². The van der Waals surface area contributed by atoms with Crippen molar-refractivity contribution in [2.75, 3.05) is 0 Å². The van der Waals surface area contributed by atoms with Crippen molar-refractivity contribution in [3.05, 3.63) is 78.3 Å². The van der Waals surface area contributed by atoms with Gasteiger partial charge in [-0.05, 0) is 48.7 Å². The Morgan fingerprint density at radius 1 is 0.944 bits per heavy atom. The molecule has 2 aromatic rings. The second kappa shape index (κ2) is 6.60. The van der Waals surface area contributed by atoms with E-state index in [1.54, 1.807) is 18.4 Å². The highest BCUT2D eigenvalue weighted by atomic mass is 19.1.